The second-order valence-corrected chi connectivity index (χ2v) is 12.5. The number of halogens is 1. The molecule has 5 aromatic rings. The predicted octanol–water partition coefficient (Wildman–Crippen LogP) is 4.22. The molecule has 4 amide bonds. The molecule has 0 radical (unpaired) electrons. The van der Waals surface area contributed by atoms with Crippen molar-refractivity contribution in [3.8, 4) is 5.69 Å². The van der Waals surface area contributed by atoms with Crippen LogP contribution in [0.3, 0.4) is 0 Å². The smallest absolute Gasteiger partial charge is 0.338 e. The molecule has 0 aliphatic rings. The maximum atomic E-state index is 13.6. The summed E-state index contributed by atoms with van der Waals surface area (Å²) in [5, 5.41) is 21.8. The minimum atomic E-state index is -1.25. The zero-order chi connectivity index (χ0) is 36.5. The van der Waals surface area contributed by atoms with E-state index in [2.05, 4.69) is 41.8 Å². The highest BCUT2D eigenvalue weighted by atomic mass is 35.5. The van der Waals surface area contributed by atoms with Gasteiger partial charge in [0.05, 0.1) is 22.5 Å². The molecule has 3 aromatic carbocycles. The molecule has 1 atom stereocenters. The Bertz CT molecular complexity index is 2030. The van der Waals surface area contributed by atoms with Crippen LogP contribution < -0.4 is 21.3 Å². The van der Waals surface area contributed by atoms with Gasteiger partial charge in [-0.3, -0.25) is 24.2 Å². The van der Waals surface area contributed by atoms with Gasteiger partial charge in [-0.15, -0.1) is 5.10 Å². The van der Waals surface area contributed by atoms with E-state index in [0.29, 0.717) is 28.2 Å². The minimum absolute atomic E-state index is 0.0370. The van der Waals surface area contributed by atoms with Gasteiger partial charge >= 0.3 is 17.8 Å². The number of tetrazole rings is 1. The summed E-state index contributed by atoms with van der Waals surface area (Å²) in [6, 6.07) is 19.2. The first-order valence-corrected chi connectivity index (χ1v) is 15.8. The number of esters is 1. The number of amides is 4. The number of benzene rings is 3. The first-order chi connectivity index (χ1) is 24.3. The second-order valence-electron chi connectivity index (χ2n) is 12.1. The summed E-state index contributed by atoms with van der Waals surface area (Å²) in [6.45, 7) is 5.26. The van der Waals surface area contributed by atoms with Gasteiger partial charge in [0.15, 0.2) is 0 Å². The lowest BCUT2D eigenvalue weighted by Crippen LogP contribution is -2.49. The highest BCUT2D eigenvalue weighted by Crippen LogP contribution is 2.24. The maximum Gasteiger partial charge on any atom is 0.338 e. The Morgan fingerprint density at radius 1 is 0.843 bits per heavy atom. The van der Waals surface area contributed by atoms with Crippen LogP contribution in [0.1, 0.15) is 47.1 Å². The Morgan fingerprint density at radius 3 is 2.20 bits per heavy atom. The van der Waals surface area contributed by atoms with Crippen molar-refractivity contribution in [2.45, 2.75) is 38.8 Å². The van der Waals surface area contributed by atoms with E-state index in [0.717, 1.165) is 0 Å². The van der Waals surface area contributed by atoms with Crippen molar-refractivity contribution in [2.24, 2.45) is 0 Å². The van der Waals surface area contributed by atoms with E-state index < -0.39 is 35.3 Å². The molecule has 16 heteroatoms. The number of carbonyl (C=O) groups is 5. The Kier molecular flexibility index (Phi) is 11.1. The minimum Gasteiger partial charge on any atom is -0.456 e. The van der Waals surface area contributed by atoms with Gasteiger partial charge in [0, 0.05) is 35.2 Å². The fourth-order valence-electron chi connectivity index (χ4n) is 4.61. The average Bonchev–Trinajstić information content (AvgIpc) is 3.63. The summed E-state index contributed by atoms with van der Waals surface area (Å²) >= 11 is 6.14. The van der Waals surface area contributed by atoms with Crippen LogP contribution in [0, 0.1) is 0 Å². The van der Waals surface area contributed by atoms with Gasteiger partial charge in [0.1, 0.15) is 18.0 Å². The highest BCUT2D eigenvalue weighted by Gasteiger charge is 2.26. The Hall–Kier alpha value is -6.48. The fraction of sp³-hybridized carbons (Fsp3) is 0.171. The molecule has 15 nitrogen and oxygen atoms in total. The number of hydrogen-bond acceptors (Lipinski definition) is 10. The van der Waals surface area contributed by atoms with Crippen molar-refractivity contribution in [1.82, 2.24) is 30.5 Å². The summed E-state index contributed by atoms with van der Waals surface area (Å²) in [5.41, 5.74) is 1.87. The molecule has 51 heavy (non-hydrogen) atoms. The number of aromatic nitrogens is 5. The van der Waals surface area contributed by atoms with Crippen molar-refractivity contribution in [1.29, 1.82) is 0 Å². The Morgan fingerprint density at radius 2 is 1.55 bits per heavy atom. The normalized spacial score (nSPS) is 11.5. The summed E-state index contributed by atoms with van der Waals surface area (Å²) in [4.78, 5) is 68.9. The van der Waals surface area contributed by atoms with Crippen LogP contribution in [0.15, 0.2) is 97.6 Å². The molecule has 260 valence electrons. The number of nitrogens with zero attached hydrogens (tertiary/aromatic N) is 5. The molecule has 0 aliphatic heterocycles. The molecule has 0 aliphatic carbocycles. The van der Waals surface area contributed by atoms with E-state index in [4.69, 9.17) is 16.3 Å². The van der Waals surface area contributed by atoms with Crippen LogP contribution in [-0.2, 0) is 25.5 Å². The quantitative estimate of drug-likeness (QED) is 0.120. The molecule has 2 aromatic heterocycles. The van der Waals surface area contributed by atoms with Crippen LogP contribution in [0.5, 0.6) is 0 Å². The maximum absolute atomic E-state index is 13.6. The lowest BCUT2D eigenvalue weighted by Gasteiger charge is -2.20. The van der Waals surface area contributed by atoms with E-state index in [1.54, 1.807) is 75.5 Å². The Balaban J connectivity index is 1.32. The summed E-state index contributed by atoms with van der Waals surface area (Å²) in [7, 11) is 0. The summed E-state index contributed by atoms with van der Waals surface area (Å²) in [6.07, 6.45) is 4.26. The standard InChI is InChI=1S/C35H32ClN9O6/c1-35(2,3)51-34(50)22-8-13-26(14-9-22)40-31(47)28(17-21-6-11-25(12-7-21)39-30(46)23-5-4-16-37-19-23)42-33(49)32(48)41-27-18-24(36)10-15-29(27)45-20-38-43-44-45/h4-16,18-20,28H,17H2,1-3H3,(H,39,46)(H,40,47)(H,41,48)(H,42,49). The number of hydrogen-bond donors (Lipinski definition) is 4. The molecule has 1 unspecified atom stereocenters. The van der Waals surface area contributed by atoms with Crippen molar-refractivity contribution < 1.29 is 28.7 Å². The van der Waals surface area contributed by atoms with E-state index >= 15 is 0 Å². The molecule has 5 rings (SSSR count). The van der Waals surface area contributed by atoms with Crippen molar-refractivity contribution in [3.63, 3.8) is 0 Å². The number of rotatable bonds is 10. The molecular weight excluding hydrogens is 678 g/mol. The lowest BCUT2D eigenvalue weighted by molar-refractivity contribution is -0.137. The summed E-state index contributed by atoms with van der Waals surface area (Å²) in [5.74, 6) is -3.73. The molecule has 0 saturated heterocycles. The molecule has 4 N–H and O–H groups in total. The van der Waals surface area contributed by atoms with Crippen LogP contribution in [-0.4, -0.2) is 66.4 Å². The van der Waals surface area contributed by atoms with Gasteiger partial charge in [-0.25, -0.2) is 4.79 Å². The first kappa shape index (κ1) is 35.8. The number of nitrogens with one attached hydrogen (secondary N) is 4. The number of carbonyl (C=O) groups excluding carboxylic acids is 5. The van der Waals surface area contributed by atoms with Crippen molar-refractivity contribution >= 4 is 58.3 Å². The second kappa shape index (κ2) is 15.8. The molecule has 0 bridgehead atoms. The molecule has 0 spiro atoms. The zero-order valence-electron chi connectivity index (χ0n) is 27.6. The van der Waals surface area contributed by atoms with Crippen LogP contribution >= 0.6 is 11.6 Å². The van der Waals surface area contributed by atoms with Crippen molar-refractivity contribution in [3.05, 3.63) is 119 Å². The topological polar surface area (TPSA) is 199 Å². The monoisotopic (exact) mass is 709 g/mol. The molecule has 0 fully saturated rings. The van der Waals surface area contributed by atoms with Gasteiger partial charge in [0.2, 0.25) is 5.91 Å². The van der Waals surface area contributed by atoms with Crippen LogP contribution in [0.2, 0.25) is 5.02 Å². The highest BCUT2D eigenvalue weighted by molar-refractivity contribution is 6.40. The predicted molar refractivity (Wildman–Crippen MR) is 187 cm³/mol. The molecule has 2 heterocycles. The lowest BCUT2D eigenvalue weighted by atomic mass is 10.0. The largest absolute Gasteiger partial charge is 0.456 e. The van der Waals surface area contributed by atoms with Crippen molar-refractivity contribution in [2.75, 3.05) is 16.0 Å². The van der Waals surface area contributed by atoms with Gasteiger partial charge in [-0.05, 0) is 103 Å². The zero-order valence-corrected chi connectivity index (χ0v) is 28.3. The van der Waals surface area contributed by atoms with E-state index in [-0.39, 0.29) is 28.6 Å². The van der Waals surface area contributed by atoms with Gasteiger partial charge in [-0.2, -0.15) is 4.68 Å². The number of ether oxygens (including phenoxy) is 1. The van der Waals surface area contributed by atoms with Crippen LogP contribution in [0.4, 0.5) is 17.1 Å². The SMILES string of the molecule is CC(C)(C)OC(=O)c1ccc(NC(=O)C(Cc2ccc(NC(=O)c3cccnc3)cc2)NC(=O)C(=O)Nc2cc(Cl)ccc2-n2cnnn2)cc1. The van der Waals surface area contributed by atoms with Gasteiger partial charge in [0.25, 0.3) is 5.91 Å². The number of anilines is 3. The van der Waals surface area contributed by atoms with Gasteiger partial charge < -0.3 is 26.0 Å². The van der Waals surface area contributed by atoms with E-state index in [1.807, 2.05) is 0 Å². The molecular formula is C35H32ClN9O6. The first-order valence-electron chi connectivity index (χ1n) is 15.4. The van der Waals surface area contributed by atoms with E-state index in [9.17, 15) is 24.0 Å². The van der Waals surface area contributed by atoms with Crippen LogP contribution in [0.25, 0.3) is 5.69 Å². The van der Waals surface area contributed by atoms with E-state index in [1.165, 1.54) is 47.5 Å². The number of pyridine rings is 1. The third-order valence-electron chi connectivity index (χ3n) is 6.99. The fourth-order valence-corrected chi connectivity index (χ4v) is 4.78. The average molecular weight is 710 g/mol. The van der Waals surface area contributed by atoms with Gasteiger partial charge in [-0.1, -0.05) is 23.7 Å². The Labute approximate surface area is 296 Å². The molecule has 0 saturated carbocycles. The third kappa shape index (κ3) is 10.0. The summed E-state index contributed by atoms with van der Waals surface area (Å²) < 4.78 is 6.66. The third-order valence-corrected chi connectivity index (χ3v) is 7.23.